The minimum Gasteiger partial charge on any atom is -0.480 e. The smallest absolute Gasteiger partial charge is 0.328 e. The summed E-state index contributed by atoms with van der Waals surface area (Å²) in [6.07, 6.45) is -0.876. The van der Waals surface area contributed by atoms with E-state index < -0.39 is 59.9 Å². The van der Waals surface area contributed by atoms with E-state index in [4.69, 9.17) is 11.5 Å². The van der Waals surface area contributed by atoms with Crippen LogP contribution in [0.2, 0.25) is 0 Å². The average Bonchev–Trinajstić information content (AvgIpc) is 2.71. The van der Waals surface area contributed by atoms with Gasteiger partial charge in [0.1, 0.15) is 12.1 Å². The lowest BCUT2D eigenvalue weighted by Crippen LogP contribution is -2.58. The molecule has 0 bridgehead atoms. The molecule has 0 aliphatic rings. The van der Waals surface area contributed by atoms with E-state index >= 15 is 0 Å². The fourth-order valence-electron chi connectivity index (χ4n) is 2.95. The Bertz CT molecular complexity index is 698. The van der Waals surface area contributed by atoms with Gasteiger partial charge in [0.05, 0.1) is 12.1 Å². The molecule has 6 atom stereocenters. The summed E-state index contributed by atoms with van der Waals surface area (Å²) in [7, 11) is 0. The molecule has 0 radical (unpaired) electrons. The van der Waals surface area contributed by atoms with Crippen molar-refractivity contribution < 1.29 is 34.2 Å². The van der Waals surface area contributed by atoms with Gasteiger partial charge in [-0.25, -0.2) is 4.79 Å². The minimum absolute atomic E-state index is 0.0617. The molecule has 0 saturated carbocycles. The second-order valence-electron chi connectivity index (χ2n) is 8.73. The fourth-order valence-corrected chi connectivity index (χ4v) is 2.95. The molecule has 33 heavy (non-hydrogen) atoms. The molecule has 9 N–H and O–H groups in total. The molecule has 0 rings (SSSR count). The Morgan fingerprint density at radius 1 is 0.879 bits per heavy atom. The van der Waals surface area contributed by atoms with E-state index in [2.05, 4.69) is 16.0 Å². The van der Waals surface area contributed by atoms with Crippen LogP contribution in [-0.2, 0) is 24.0 Å². The summed E-state index contributed by atoms with van der Waals surface area (Å²) in [6.45, 7) is 8.46. The normalized spacial score (nSPS) is 16.6. The van der Waals surface area contributed by atoms with Gasteiger partial charge in [-0.15, -0.1) is 0 Å². The van der Waals surface area contributed by atoms with Crippen LogP contribution in [0.3, 0.4) is 0 Å². The van der Waals surface area contributed by atoms with E-state index in [1.807, 2.05) is 6.92 Å². The highest BCUT2D eigenvalue weighted by atomic mass is 16.4. The summed E-state index contributed by atoms with van der Waals surface area (Å²) in [5.74, 6) is -4.46. The number of nitrogens with two attached hydrogens (primary N) is 2. The number of amides is 4. The van der Waals surface area contributed by atoms with E-state index in [1.165, 1.54) is 6.92 Å². The molecule has 0 aromatic heterocycles. The van der Waals surface area contributed by atoms with Gasteiger partial charge in [0.15, 0.2) is 6.04 Å². The van der Waals surface area contributed by atoms with Crippen molar-refractivity contribution in [3.63, 3.8) is 0 Å². The van der Waals surface area contributed by atoms with Crippen LogP contribution in [0.4, 0.5) is 0 Å². The molecule has 12 nitrogen and oxygen atoms in total. The zero-order chi connectivity index (χ0) is 25.9. The Labute approximate surface area is 194 Å². The van der Waals surface area contributed by atoms with Gasteiger partial charge in [0.25, 0.3) is 0 Å². The molecular weight excluding hydrogens is 434 g/mol. The first kappa shape index (κ1) is 30.3. The van der Waals surface area contributed by atoms with Gasteiger partial charge >= 0.3 is 5.97 Å². The summed E-state index contributed by atoms with van der Waals surface area (Å²) in [4.78, 5) is 60.7. The van der Waals surface area contributed by atoms with E-state index in [9.17, 15) is 34.2 Å². The van der Waals surface area contributed by atoms with Gasteiger partial charge in [-0.3, -0.25) is 19.2 Å². The standard InChI is InChI=1S/C21H39N5O7/c1-6-11(4)16(23)20(31)24-13(7-8-15(22)28)18(29)25-14(9-10(2)3)19(30)26-17(12(5)27)21(32)33/h10-14,16-17,27H,6-9,23H2,1-5H3,(H2,22,28)(H,24,31)(H,25,29)(H,26,30)(H,32,33). The van der Waals surface area contributed by atoms with E-state index in [1.54, 1.807) is 20.8 Å². The molecule has 0 fully saturated rings. The highest BCUT2D eigenvalue weighted by Gasteiger charge is 2.32. The largest absolute Gasteiger partial charge is 0.480 e. The number of primary amides is 1. The van der Waals surface area contributed by atoms with Crippen molar-refractivity contribution in [3.05, 3.63) is 0 Å². The van der Waals surface area contributed by atoms with Crippen LogP contribution in [0.1, 0.15) is 60.3 Å². The van der Waals surface area contributed by atoms with Crippen molar-refractivity contribution in [3.8, 4) is 0 Å². The molecule has 0 aromatic rings. The number of aliphatic carboxylic acids is 1. The molecule has 0 spiro atoms. The van der Waals surface area contributed by atoms with Crippen LogP contribution in [0, 0.1) is 11.8 Å². The third kappa shape index (κ3) is 11.1. The summed E-state index contributed by atoms with van der Waals surface area (Å²) in [6, 6.07) is -4.78. The maximum atomic E-state index is 12.9. The van der Waals surface area contributed by atoms with E-state index in [0.29, 0.717) is 6.42 Å². The topological polar surface area (TPSA) is 214 Å². The van der Waals surface area contributed by atoms with Crippen LogP contribution >= 0.6 is 0 Å². The summed E-state index contributed by atoms with van der Waals surface area (Å²) in [5.41, 5.74) is 11.1. The molecule has 6 unspecified atom stereocenters. The second kappa shape index (κ2) is 14.4. The molecule has 0 aromatic carbocycles. The number of nitrogens with one attached hydrogen (secondary N) is 3. The Morgan fingerprint density at radius 3 is 1.82 bits per heavy atom. The highest BCUT2D eigenvalue weighted by Crippen LogP contribution is 2.09. The number of rotatable bonds is 15. The predicted molar refractivity (Wildman–Crippen MR) is 120 cm³/mol. The Hall–Kier alpha value is -2.73. The van der Waals surface area contributed by atoms with Crippen molar-refractivity contribution in [2.75, 3.05) is 0 Å². The highest BCUT2D eigenvalue weighted by molar-refractivity contribution is 5.94. The van der Waals surface area contributed by atoms with Gasteiger partial charge < -0.3 is 37.6 Å². The molecule has 12 heteroatoms. The lowest BCUT2D eigenvalue weighted by atomic mass is 9.98. The quantitative estimate of drug-likeness (QED) is 0.150. The van der Waals surface area contributed by atoms with Crippen LogP contribution in [0.5, 0.6) is 0 Å². The molecule has 4 amide bonds. The first-order valence-corrected chi connectivity index (χ1v) is 11.1. The maximum absolute atomic E-state index is 12.9. The van der Waals surface area contributed by atoms with Crippen molar-refractivity contribution in [1.29, 1.82) is 0 Å². The number of aliphatic hydroxyl groups is 1. The van der Waals surface area contributed by atoms with Gasteiger partial charge in [-0.1, -0.05) is 34.1 Å². The lowest BCUT2D eigenvalue weighted by Gasteiger charge is -2.27. The first-order valence-electron chi connectivity index (χ1n) is 11.1. The zero-order valence-corrected chi connectivity index (χ0v) is 20.0. The third-order valence-corrected chi connectivity index (χ3v) is 5.26. The van der Waals surface area contributed by atoms with Gasteiger partial charge in [0, 0.05) is 6.42 Å². The third-order valence-electron chi connectivity index (χ3n) is 5.26. The molecule has 190 valence electrons. The summed E-state index contributed by atoms with van der Waals surface area (Å²) in [5, 5.41) is 26.1. The SMILES string of the molecule is CCC(C)C(N)C(=O)NC(CCC(N)=O)C(=O)NC(CC(C)C)C(=O)NC(C(=O)O)C(C)O. The Morgan fingerprint density at radius 2 is 1.39 bits per heavy atom. The average molecular weight is 474 g/mol. The summed E-state index contributed by atoms with van der Waals surface area (Å²) < 4.78 is 0. The maximum Gasteiger partial charge on any atom is 0.328 e. The predicted octanol–water partition coefficient (Wildman–Crippen LogP) is -1.41. The number of carboxylic acids is 1. The molecule has 0 heterocycles. The summed E-state index contributed by atoms with van der Waals surface area (Å²) >= 11 is 0. The van der Waals surface area contributed by atoms with Gasteiger partial charge in [0.2, 0.25) is 23.6 Å². The fraction of sp³-hybridized carbons (Fsp3) is 0.762. The number of carbonyl (C=O) groups excluding carboxylic acids is 4. The molecule has 0 aliphatic heterocycles. The Kier molecular flexibility index (Phi) is 13.2. The van der Waals surface area contributed by atoms with Crippen molar-refractivity contribution in [1.82, 2.24) is 16.0 Å². The monoisotopic (exact) mass is 473 g/mol. The number of aliphatic hydroxyl groups excluding tert-OH is 1. The van der Waals surface area contributed by atoms with E-state index in [0.717, 1.165) is 0 Å². The van der Waals surface area contributed by atoms with Crippen LogP contribution in [-0.4, -0.2) is 70.1 Å². The second-order valence-corrected chi connectivity index (χ2v) is 8.73. The number of carbonyl (C=O) groups is 5. The first-order chi connectivity index (χ1) is 15.2. The molecule has 0 aliphatic carbocycles. The molecular formula is C21H39N5O7. The minimum atomic E-state index is -1.57. The van der Waals surface area contributed by atoms with E-state index in [-0.39, 0.29) is 31.1 Å². The van der Waals surface area contributed by atoms with Crippen LogP contribution in [0.25, 0.3) is 0 Å². The lowest BCUT2D eigenvalue weighted by molar-refractivity contribution is -0.145. The number of hydrogen-bond acceptors (Lipinski definition) is 7. The van der Waals surface area contributed by atoms with Crippen LogP contribution < -0.4 is 27.4 Å². The van der Waals surface area contributed by atoms with Crippen LogP contribution in [0.15, 0.2) is 0 Å². The van der Waals surface area contributed by atoms with Crippen molar-refractivity contribution >= 4 is 29.6 Å². The van der Waals surface area contributed by atoms with Crippen molar-refractivity contribution in [2.24, 2.45) is 23.3 Å². The number of carboxylic acid groups (broad SMARTS) is 1. The molecule has 0 saturated heterocycles. The zero-order valence-electron chi connectivity index (χ0n) is 20.0. The van der Waals surface area contributed by atoms with Crippen molar-refractivity contribution in [2.45, 2.75) is 90.6 Å². The van der Waals surface area contributed by atoms with Gasteiger partial charge in [-0.2, -0.15) is 0 Å². The van der Waals surface area contributed by atoms with Gasteiger partial charge in [-0.05, 0) is 31.6 Å². The Balaban J connectivity index is 5.60. The number of hydrogen-bond donors (Lipinski definition) is 7.